The second kappa shape index (κ2) is 20.4. The zero-order chi connectivity index (χ0) is 57.1. The first-order valence-electron chi connectivity index (χ1n) is 31.7. The molecule has 0 spiro atoms. The van der Waals surface area contributed by atoms with Crippen molar-refractivity contribution in [2.75, 3.05) is 0 Å². The Bertz CT molecular complexity index is 4710. The van der Waals surface area contributed by atoms with Crippen molar-refractivity contribution in [3.63, 3.8) is 0 Å². The zero-order valence-corrected chi connectivity index (χ0v) is 48.6. The van der Waals surface area contributed by atoms with Gasteiger partial charge in [0.25, 0.3) is 6.71 Å². The number of benzene rings is 11. The van der Waals surface area contributed by atoms with Gasteiger partial charge in [0.1, 0.15) is 0 Å². The van der Waals surface area contributed by atoms with E-state index in [1.54, 1.807) is 0 Å². The quantitative estimate of drug-likeness (QED) is 0.135. The fourth-order valence-electron chi connectivity index (χ4n) is 16.1. The van der Waals surface area contributed by atoms with Gasteiger partial charge in [0.15, 0.2) is 17.5 Å². The molecule has 0 unspecified atom stereocenters. The van der Waals surface area contributed by atoms with Gasteiger partial charge in [-0.2, -0.15) is 0 Å². The van der Waals surface area contributed by atoms with Crippen LogP contribution in [-0.4, -0.2) is 30.8 Å². The summed E-state index contributed by atoms with van der Waals surface area (Å²) in [6, 6.07) is 90.9. The third-order valence-electron chi connectivity index (χ3n) is 20.0. The minimum absolute atomic E-state index is 0.0737. The number of hydrogen-bond acceptors (Lipinski definition) is 3. The molecule has 2 aliphatic carbocycles. The Hall–Kier alpha value is -9.91. The highest BCUT2D eigenvalue weighted by molar-refractivity contribution is 7.00. The highest BCUT2D eigenvalue weighted by atomic mass is 15.1. The number of rotatable bonds is 9. The first-order chi connectivity index (χ1) is 43.1. The monoisotopic (exact) mass is 1120 g/mol. The Morgan fingerprint density at radius 1 is 0.310 bits per heavy atom. The molecule has 2 aliphatic heterocycles. The summed E-state index contributed by atoms with van der Waals surface area (Å²) in [6.45, 7) is -0.0737. The average Bonchev–Trinajstić information content (AvgIpc) is 1.59. The Balaban J connectivity index is 1.04. The van der Waals surface area contributed by atoms with Gasteiger partial charge in [0.2, 0.25) is 0 Å². The van der Waals surface area contributed by atoms with Crippen LogP contribution in [0.1, 0.15) is 87.2 Å². The third-order valence-corrected chi connectivity index (χ3v) is 20.0. The second-order valence-corrected chi connectivity index (χ2v) is 25.1. The van der Waals surface area contributed by atoms with Gasteiger partial charge in [-0.05, 0) is 158 Å². The van der Waals surface area contributed by atoms with Gasteiger partial charge in [-0.15, -0.1) is 0 Å². The van der Waals surface area contributed by atoms with Gasteiger partial charge >= 0.3 is 0 Å². The molecule has 6 heteroatoms. The van der Waals surface area contributed by atoms with Crippen molar-refractivity contribution in [2.45, 2.75) is 76.0 Å². The average molecular weight is 1120 g/mol. The number of hydrogen-bond donors (Lipinski definition) is 0. The molecule has 2 fully saturated rings. The molecule has 0 bridgehead atoms. The van der Waals surface area contributed by atoms with Crippen LogP contribution in [0.5, 0.6) is 0 Å². The van der Waals surface area contributed by atoms with Crippen molar-refractivity contribution in [2.24, 2.45) is 0 Å². The molecule has 87 heavy (non-hydrogen) atoms. The van der Waals surface area contributed by atoms with E-state index in [1.165, 1.54) is 191 Å². The summed E-state index contributed by atoms with van der Waals surface area (Å²) in [5.41, 5.74) is 27.1. The van der Waals surface area contributed by atoms with Crippen molar-refractivity contribution < 1.29 is 0 Å². The zero-order valence-electron chi connectivity index (χ0n) is 48.6. The van der Waals surface area contributed by atoms with Crippen LogP contribution in [0, 0.1) is 0 Å². The molecule has 5 heterocycles. The largest absolute Gasteiger partial charge is 0.310 e. The van der Waals surface area contributed by atoms with Gasteiger partial charge < -0.3 is 9.13 Å². The molecule has 0 amide bonds. The summed E-state index contributed by atoms with van der Waals surface area (Å²) < 4.78 is 5.40. The van der Waals surface area contributed by atoms with Crippen molar-refractivity contribution in [1.29, 1.82) is 0 Å². The Morgan fingerprint density at radius 3 is 1.03 bits per heavy atom. The molecule has 0 saturated heterocycles. The van der Waals surface area contributed by atoms with Gasteiger partial charge in [-0.1, -0.05) is 233 Å². The summed E-state index contributed by atoms with van der Waals surface area (Å²) in [7, 11) is 0. The number of aromatic nitrogens is 5. The summed E-state index contributed by atoms with van der Waals surface area (Å²) >= 11 is 0. The molecule has 4 aliphatic rings. The molecule has 3 aromatic heterocycles. The number of nitrogens with zero attached hydrogens (tertiary/aromatic N) is 5. The van der Waals surface area contributed by atoms with E-state index in [4.69, 9.17) is 15.0 Å². The maximum absolute atomic E-state index is 5.55. The van der Waals surface area contributed by atoms with Gasteiger partial charge in [0, 0.05) is 60.6 Å². The maximum Gasteiger partial charge on any atom is 0.252 e. The predicted molar refractivity (Wildman–Crippen MR) is 363 cm³/mol. The fraction of sp³-hybridized carbons (Fsp3) is 0.148. The van der Waals surface area contributed by atoms with Crippen molar-refractivity contribution in [1.82, 2.24) is 24.1 Å². The summed E-state index contributed by atoms with van der Waals surface area (Å²) in [5.74, 6) is 2.90. The van der Waals surface area contributed by atoms with Crippen LogP contribution in [0.2, 0.25) is 0 Å². The number of fused-ring (bicyclic) bond motifs is 10. The minimum Gasteiger partial charge on any atom is -0.310 e. The van der Waals surface area contributed by atoms with Crippen LogP contribution in [0.4, 0.5) is 0 Å². The summed E-state index contributed by atoms with van der Waals surface area (Å²) in [4.78, 5) is 16.4. The van der Waals surface area contributed by atoms with E-state index in [0.717, 1.165) is 16.7 Å². The van der Waals surface area contributed by atoms with E-state index in [0.29, 0.717) is 29.3 Å². The molecule has 2 saturated carbocycles. The lowest BCUT2D eigenvalue weighted by Gasteiger charge is -2.35. The van der Waals surface area contributed by atoms with E-state index in [9.17, 15) is 0 Å². The maximum atomic E-state index is 5.55. The molecule has 0 radical (unpaired) electrons. The molecule has 414 valence electrons. The van der Waals surface area contributed by atoms with E-state index < -0.39 is 0 Å². The van der Waals surface area contributed by atoms with Crippen LogP contribution in [-0.2, 0) is 0 Å². The van der Waals surface area contributed by atoms with E-state index in [-0.39, 0.29) is 6.71 Å². The fourth-order valence-corrected chi connectivity index (χ4v) is 16.1. The highest BCUT2D eigenvalue weighted by Crippen LogP contribution is 2.49. The van der Waals surface area contributed by atoms with Crippen LogP contribution < -0.4 is 16.4 Å². The van der Waals surface area contributed by atoms with E-state index in [2.05, 4.69) is 252 Å². The lowest BCUT2D eigenvalue weighted by molar-refractivity contribution is 0.444. The molecule has 0 atom stereocenters. The second-order valence-electron chi connectivity index (χ2n) is 25.1. The van der Waals surface area contributed by atoms with Gasteiger partial charge in [-0.3, -0.25) is 0 Å². The smallest absolute Gasteiger partial charge is 0.252 e. The lowest BCUT2D eigenvalue weighted by Crippen LogP contribution is -2.59. The van der Waals surface area contributed by atoms with Crippen LogP contribution in [0.25, 0.3) is 134 Å². The van der Waals surface area contributed by atoms with Crippen LogP contribution >= 0.6 is 0 Å². The van der Waals surface area contributed by atoms with Crippen molar-refractivity contribution in [3.8, 4) is 90.0 Å². The highest BCUT2D eigenvalue weighted by Gasteiger charge is 2.43. The topological polar surface area (TPSA) is 48.5 Å². The van der Waals surface area contributed by atoms with Gasteiger partial charge in [-0.25, -0.2) is 15.0 Å². The Kier molecular flexibility index (Phi) is 11.8. The van der Waals surface area contributed by atoms with Crippen molar-refractivity contribution >= 4 is 66.7 Å². The molecule has 14 aromatic rings. The molecular weight excluding hydrogens is 1050 g/mol. The molecule has 18 rings (SSSR count). The third kappa shape index (κ3) is 8.17. The molecule has 0 N–H and O–H groups in total. The summed E-state index contributed by atoms with van der Waals surface area (Å²) in [6.07, 6.45) is 12.5. The van der Waals surface area contributed by atoms with Crippen LogP contribution in [0.3, 0.4) is 0 Å². The molecule has 5 nitrogen and oxygen atoms in total. The SMILES string of the molecule is c1ccc(-c2cc(-c3ccccc3)c3c4cc(C5CCCCC5)cc5c4n(c3c2)-c2cc(-c3nc(-c4ccccc4)nc(-c4ccccc4)n3)cc3c2B5c2cc(C4CCCCC4)cc4c5c(-c6ccccc6)cc(-c6ccccc6)cc5n-3c24)cc1. The lowest BCUT2D eigenvalue weighted by atomic mass is 9.34. The first-order valence-corrected chi connectivity index (χ1v) is 31.7. The minimum atomic E-state index is -0.0737. The van der Waals surface area contributed by atoms with Crippen LogP contribution in [0.15, 0.2) is 243 Å². The molecular formula is C81H62BN5. The van der Waals surface area contributed by atoms with Gasteiger partial charge in [0.05, 0.1) is 11.0 Å². The standard InChI is InChI=1S/C81H62BN5/c1-9-25-51(26-10-1)59-43-66-74-64(55-33-17-5-18-34-55)41-61(53-29-13-3-14-30-53)47-70(74)86-72-49-63(81-84-79(57-37-21-7-22-38-57)83-80(85-81)58-39-23-8-24-40-58)50-73-76(72)82(68(45-59)77(66)86)69-46-60(52-27-11-2-12-28-52)44-67-75-65(56-35-19-6-20-36-56)42-62(54-31-15-4-16-32-54)48-71(75)87(73)78(67)69/h3-8,13-24,29-52H,1-2,9-12,25-28H2. The summed E-state index contributed by atoms with van der Waals surface area (Å²) in [5, 5.41) is 5.27. The van der Waals surface area contributed by atoms with E-state index in [1.807, 2.05) is 0 Å². The predicted octanol–water partition coefficient (Wildman–Crippen LogP) is 19.0. The first kappa shape index (κ1) is 50.4. The molecule has 11 aromatic carbocycles. The Labute approximate surface area is 507 Å². The normalized spacial score (nSPS) is 14.8. The Morgan fingerprint density at radius 2 is 0.655 bits per heavy atom. The van der Waals surface area contributed by atoms with Crippen molar-refractivity contribution in [3.05, 3.63) is 254 Å². The van der Waals surface area contributed by atoms with E-state index >= 15 is 0 Å².